The van der Waals surface area contributed by atoms with Crippen LogP contribution in [0, 0.1) is 12.8 Å². The summed E-state index contributed by atoms with van der Waals surface area (Å²) in [4.78, 5) is 4.38. The van der Waals surface area contributed by atoms with Crippen LogP contribution in [-0.2, 0) is 26.3 Å². The van der Waals surface area contributed by atoms with E-state index in [1.54, 1.807) is 25.4 Å². The van der Waals surface area contributed by atoms with E-state index in [0.717, 1.165) is 10.7 Å². The summed E-state index contributed by atoms with van der Waals surface area (Å²) in [5, 5.41) is 2.98. The summed E-state index contributed by atoms with van der Waals surface area (Å²) < 4.78 is 39.1. The van der Waals surface area contributed by atoms with Crippen molar-refractivity contribution in [1.29, 1.82) is 0 Å². The molecule has 3 rings (SSSR count). The van der Waals surface area contributed by atoms with Gasteiger partial charge >= 0.3 is 0 Å². The fourth-order valence-corrected chi connectivity index (χ4v) is 4.89. The molecule has 0 N–H and O–H groups in total. The van der Waals surface area contributed by atoms with E-state index in [-0.39, 0.29) is 18.1 Å². The molecular weight excluding hydrogens is 326 g/mol. The molecule has 0 radical (unpaired) electrons. The Morgan fingerprint density at radius 1 is 1.50 bits per heavy atom. The Morgan fingerprint density at radius 3 is 2.91 bits per heavy atom. The zero-order chi connectivity index (χ0) is 15.9. The van der Waals surface area contributed by atoms with Gasteiger partial charge in [-0.3, -0.25) is 0 Å². The molecule has 2 saturated heterocycles. The third-order valence-corrected chi connectivity index (χ3v) is 6.93. The number of nitrogens with zero attached hydrogens (tertiary/aromatic N) is 3. The van der Waals surface area contributed by atoms with Gasteiger partial charge in [0.2, 0.25) is 0 Å². The van der Waals surface area contributed by atoms with E-state index < -0.39 is 10.2 Å². The zero-order valence-corrected chi connectivity index (χ0v) is 14.6. The van der Waals surface area contributed by atoms with Crippen molar-refractivity contribution in [2.45, 2.75) is 25.7 Å². The summed E-state index contributed by atoms with van der Waals surface area (Å²) in [6.45, 7) is 3.73. The van der Waals surface area contributed by atoms with Crippen LogP contribution in [0.1, 0.15) is 10.7 Å². The van der Waals surface area contributed by atoms with Gasteiger partial charge in [-0.2, -0.15) is 17.0 Å². The molecule has 0 spiro atoms. The second-order valence-electron chi connectivity index (χ2n) is 5.84. The summed E-state index contributed by atoms with van der Waals surface area (Å²) in [6, 6.07) is -0.130. The van der Waals surface area contributed by atoms with Crippen molar-refractivity contribution >= 4 is 21.5 Å². The third kappa shape index (κ3) is 2.93. The number of aryl methyl sites for hydroxylation is 1. The highest BCUT2D eigenvalue weighted by atomic mass is 32.2. The first-order valence-electron chi connectivity index (χ1n) is 7.19. The Bertz CT molecular complexity index is 631. The predicted molar refractivity (Wildman–Crippen MR) is 82.8 cm³/mol. The Morgan fingerprint density at radius 2 is 2.27 bits per heavy atom. The number of hydrogen-bond acceptors (Lipinski definition) is 6. The maximum atomic E-state index is 12.4. The predicted octanol–water partition coefficient (Wildman–Crippen LogP) is 0.474. The van der Waals surface area contributed by atoms with Gasteiger partial charge in [-0.25, -0.2) is 4.98 Å². The van der Waals surface area contributed by atoms with Crippen molar-refractivity contribution in [3.8, 4) is 0 Å². The number of rotatable bonds is 5. The second-order valence-corrected chi connectivity index (χ2v) is 8.99. The largest absolute Gasteiger partial charge is 0.379 e. The van der Waals surface area contributed by atoms with Crippen molar-refractivity contribution < 1.29 is 17.9 Å². The van der Waals surface area contributed by atoms with Gasteiger partial charge in [0.25, 0.3) is 10.2 Å². The summed E-state index contributed by atoms with van der Waals surface area (Å²) in [5.41, 5.74) is 0.895. The van der Waals surface area contributed by atoms with E-state index in [0.29, 0.717) is 26.4 Å². The van der Waals surface area contributed by atoms with E-state index in [1.165, 1.54) is 8.61 Å². The van der Waals surface area contributed by atoms with E-state index in [9.17, 15) is 8.42 Å². The Kier molecular flexibility index (Phi) is 4.54. The third-order valence-electron chi connectivity index (χ3n) is 4.17. The highest BCUT2D eigenvalue weighted by molar-refractivity contribution is 7.86. The van der Waals surface area contributed by atoms with Crippen LogP contribution in [0.3, 0.4) is 0 Å². The van der Waals surface area contributed by atoms with Gasteiger partial charge in [0.15, 0.2) is 0 Å². The molecule has 124 valence electrons. The standard InChI is InChI=1S/C13H21N3O4S2/c1-9-14-10(8-21-9)5-20-13-4-16(22(17,18)15(2)3)12-7-19-6-11(12)13/h8,11-13H,4-7H2,1-3H3/t11-,12+,13+/m0/s1. The van der Waals surface area contributed by atoms with Gasteiger partial charge in [0.1, 0.15) is 0 Å². The molecule has 0 amide bonds. The first-order valence-corrected chi connectivity index (χ1v) is 9.47. The molecule has 2 fully saturated rings. The molecule has 0 saturated carbocycles. The monoisotopic (exact) mass is 347 g/mol. The Balaban J connectivity index is 1.71. The lowest BCUT2D eigenvalue weighted by molar-refractivity contribution is 0.0113. The molecule has 0 unspecified atom stereocenters. The van der Waals surface area contributed by atoms with Gasteiger partial charge in [-0.05, 0) is 6.92 Å². The van der Waals surface area contributed by atoms with Crippen LogP contribution in [0.15, 0.2) is 5.38 Å². The smallest absolute Gasteiger partial charge is 0.281 e. The van der Waals surface area contributed by atoms with E-state index in [2.05, 4.69) is 4.98 Å². The average molecular weight is 347 g/mol. The van der Waals surface area contributed by atoms with E-state index in [1.807, 2.05) is 12.3 Å². The number of aromatic nitrogens is 1. The average Bonchev–Trinajstić information content (AvgIpc) is 3.12. The van der Waals surface area contributed by atoms with Crippen molar-refractivity contribution in [3.05, 3.63) is 16.1 Å². The van der Waals surface area contributed by atoms with Crippen LogP contribution in [0.25, 0.3) is 0 Å². The lowest BCUT2D eigenvalue weighted by Gasteiger charge is -2.25. The summed E-state index contributed by atoms with van der Waals surface area (Å²) in [7, 11) is -0.353. The second kappa shape index (κ2) is 6.14. The summed E-state index contributed by atoms with van der Waals surface area (Å²) >= 11 is 1.59. The minimum Gasteiger partial charge on any atom is -0.379 e. The number of thiazole rings is 1. The molecule has 7 nitrogen and oxygen atoms in total. The van der Waals surface area contributed by atoms with Crippen LogP contribution in [0.4, 0.5) is 0 Å². The quantitative estimate of drug-likeness (QED) is 0.774. The molecule has 2 aliphatic rings. The van der Waals surface area contributed by atoms with Crippen molar-refractivity contribution in [2.24, 2.45) is 5.92 Å². The zero-order valence-electron chi connectivity index (χ0n) is 12.9. The van der Waals surface area contributed by atoms with Crippen molar-refractivity contribution in [1.82, 2.24) is 13.6 Å². The van der Waals surface area contributed by atoms with Gasteiger partial charge in [-0.15, -0.1) is 11.3 Å². The Labute approximate surface area is 135 Å². The number of hydrogen-bond donors (Lipinski definition) is 0. The van der Waals surface area contributed by atoms with Crippen molar-refractivity contribution in [3.63, 3.8) is 0 Å². The fraction of sp³-hybridized carbons (Fsp3) is 0.769. The van der Waals surface area contributed by atoms with Gasteiger partial charge < -0.3 is 9.47 Å². The lowest BCUT2D eigenvalue weighted by Crippen LogP contribution is -2.44. The summed E-state index contributed by atoms with van der Waals surface area (Å²) in [5.74, 6) is 0.0921. The first kappa shape index (κ1) is 16.3. The van der Waals surface area contributed by atoms with E-state index in [4.69, 9.17) is 9.47 Å². The highest BCUT2D eigenvalue weighted by Crippen LogP contribution is 2.34. The van der Waals surface area contributed by atoms with E-state index >= 15 is 0 Å². The molecule has 2 aliphatic heterocycles. The van der Waals surface area contributed by atoms with Crippen LogP contribution < -0.4 is 0 Å². The maximum absolute atomic E-state index is 12.4. The highest BCUT2D eigenvalue weighted by Gasteiger charge is 2.51. The fourth-order valence-electron chi connectivity index (χ4n) is 2.98. The SMILES string of the molecule is Cc1nc(CO[C@@H]2CN(S(=O)(=O)N(C)C)[C@@H]3COC[C@@H]32)cs1. The normalized spacial score (nSPS) is 29.4. The molecule has 0 bridgehead atoms. The van der Waals surface area contributed by atoms with Crippen LogP contribution >= 0.6 is 11.3 Å². The molecule has 0 aliphatic carbocycles. The number of fused-ring (bicyclic) bond motifs is 1. The Hall–Kier alpha value is -0.580. The lowest BCUT2D eigenvalue weighted by atomic mass is 10.0. The molecule has 1 aromatic rings. The first-order chi connectivity index (χ1) is 10.4. The van der Waals surface area contributed by atoms with Gasteiger partial charge in [0.05, 0.1) is 42.7 Å². The van der Waals surface area contributed by atoms with Crippen LogP contribution in [0.2, 0.25) is 0 Å². The van der Waals surface area contributed by atoms with Gasteiger partial charge in [-0.1, -0.05) is 0 Å². The minimum absolute atomic E-state index is 0.0921. The molecular formula is C13H21N3O4S2. The molecule has 9 heteroatoms. The summed E-state index contributed by atoms with van der Waals surface area (Å²) in [6.07, 6.45) is -0.149. The van der Waals surface area contributed by atoms with Crippen molar-refractivity contribution in [2.75, 3.05) is 33.9 Å². The van der Waals surface area contributed by atoms with Crippen LogP contribution in [-0.4, -0.2) is 68.0 Å². The van der Waals surface area contributed by atoms with Gasteiger partial charge in [0, 0.05) is 31.9 Å². The molecule has 3 atom stereocenters. The number of ether oxygens (including phenoxy) is 2. The molecule has 0 aromatic carbocycles. The maximum Gasteiger partial charge on any atom is 0.281 e. The minimum atomic E-state index is -3.45. The topological polar surface area (TPSA) is 72.0 Å². The van der Waals surface area contributed by atoms with Crippen LogP contribution in [0.5, 0.6) is 0 Å². The molecule has 1 aromatic heterocycles. The molecule has 3 heterocycles. The molecule has 22 heavy (non-hydrogen) atoms.